The summed E-state index contributed by atoms with van der Waals surface area (Å²) in [6, 6.07) is 17.7. The van der Waals surface area contributed by atoms with Gasteiger partial charge in [0.2, 0.25) is 10.0 Å². The molecule has 2 fully saturated rings. The molecule has 2 aliphatic heterocycles. The van der Waals surface area contributed by atoms with E-state index in [4.69, 9.17) is 0 Å². The number of hydrogen-bond donors (Lipinski definition) is 0. The summed E-state index contributed by atoms with van der Waals surface area (Å²) in [5, 5.41) is 0. The minimum atomic E-state index is -3.20. The Morgan fingerprint density at radius 3 is 2.38 bits per heavy atom. The lowest BCUT2D eigenvalue weighted by molar-refractivity contribution is 0.0714. The van der Waals surface area contributed by atoms with E-state index in [2.05, 4.69) is 31.2 Å². The molecule has 0 unspecified atom stereocenters. The van der Waals surface area contributed by atoms with Crippen LogP contribution >= 0.6 is 0 Å². The largest absolute Gasteiger partial charge is 0.335 e. The number of amides is 1. The highest BCUT2D eigenvalue weighted by atomic mass is 32.2. The van der Waals surface area contributed by atoms with Gasteiger partial charge in [0.25, 0.3) is 5.91 Å². The Kier molecular flexibility index (Phi) is 5.63. The summed E-state index contributed by atoms with van der Waals surface area (Å²) >= 11 is 0. The van der Waals surface area contributed by atoms with Gasteiger partial charge in [-0.05, 0) is 55.5 Å². The summed E-state index contributed by atoms with van der Waals surface area (Å²) in [5.74, 6) is 0.565. The minimum absolute atomic E-state index is 0.0395. The van der Waals surface area contributed by atoms with E-state index in [1.165, 1.54) is 9.87 Å². The number of nitrogens with zero attached hydrogens (tertiary/aromatic N) is 2. The molecule has 0 radical (unpaired) electrons. The third-order valence-electron chi connectivity index (χ3n) is 6.19. The first kappa shape index (κ1) is 20.0. The van der Waals surface area contributed by atoms with Gasteiger partial charge in [-0.2, -0.15) is 0 Å². The Labute approximate surface area is 173 Å². The van der Waals surface area contributed by atoms with Crippen molar-refractivity contribution >= 4 is 21.6 Å². The van der Waals surface area contributed by atoms with Crippen molar-refractivity contribution in [2.75, 3.05) is 23.1 Å². The van der Waals surface area contributed by atoms with E-state index in [1.54, 1.807) is 24.3 Å². The van der Waals surface area contributed by atoms with Gasteiger partial charge in [-0.3, -0.25) is 9.10 Å². The molecular weight excluding hydrogens is 384 g/mol. The lowest BCUT2D eigenvalue weighted by Gasteiger charge is -2.32. The number of likely N-dealkylation sites (tertiary alicyclic amines) is 1. The topological polar surface area (TPSA) is 57.7 Å². The maximum atomic E-state index is 13.3. The molecule has 0 aromatic heterocycles. The van der Waals surface area contributed by atoms with Crippen LogP contribution in [0.1, 0.15) is 54.4 Å². The number of carbonyl (C=O) groups excluding carboxylic acids is 1. The summed E-state index contributed by atoms with van der Waals surface area (Å²) in [6.45, 7) is 3.47. The fourth-order valence-electron chi connectivity index (χ4n) is 4.76. The highest BCUT2D eigenvalue weighted by Gasteiger charge is 2.35. The average molecular weight is 413 g/mol. The Hall–Kier alpha value is -2.34. The second kappa shape index (κ2) is 8.19. The third kappa shape index (κ3) is 3.90. The number of rotatable bonds is 5. The minimum Gasteiger partial charge on any atom is -0.335 e. The zero-order valence-corrected chi connectivity index (χ0v) is 17.6. The molecule has 29 heavy (non-hydrogen) atoms. The van der Waals surface area contributed by atoms with Crippen LogP contribution in [0.15, 0.2) is 54.6 Å². The van der Waals surface area contributed by atoms with Crippen molar-refractivity contribution < 1.29 is 13.2 Å². The molecule has 2 aromatic rings. The summed E-state index contributed by atoms with van der Waals surface area (Å²) in [6.07, 6.45) is 3.67. The molecule has 2 aliphatic rings. The summed E-state index contributed by atoms with van der Waals surface area (Å²) in [5.41, 5.74) is 2.56. The van der Waals surface area contributed by atoms with Crippen LogP contribution < -0.4 is 4.31 Å². The van der Waals surface area contributed by atoms with Crippen LogP contribution in [0.2, 0.25) is 0 Å². The highest BCUT2D eigenvalue weighted by molar-refractivity contribution is 7.93. The first-order valence-corrected chi connectivity index (χ1v) is 12.1. The van der Waals surface area contributed by atoms with E-state index in [9.17, 15) is 13.2 Å². The number of benzene rings is 2. The van der Waals surface area contributed by atoms with Crippen molar-refractivity contribution in [2.24, 2.45) is 0 Å². The molecule has 2 atom stereocenters. The van der Waals surface area contributed by atoms with Crippen LogP contribution in [0, 0.1) is 0 Å². The molecule has 2 heterocycles. The van der Waals surface area contributed by atoms with Crippen molar-refractivity contribution in [1.29, 1.82) is 0 Å². The van der Waals surface area contributed by atoms with Gasteiger partial charge in [0, 0.05) is 30.6 Å². The first-order chi connectivity index (χ1) is 14.0. The van der Waals surface area contributed by atoms with Gasteiger partial charge in [-0.1, -0.05) is 37.3 Å². The molecule has 0 bridgehead atoms. The molecule has 5 nitrogen and oxygen atoms in total. The van der Waals surface area contributed by atoms with Crippen molar-refractivity contribution in [3.63, 3.8) is 0 Å². The van der Waals surface area contributed by atoms with Gasteiger partial charge in [-0.25, -0.2) is 8.42 Å². The predicted octanol–water partition coefficient (Wildman–Crippen LogP) is 4.02. The average Bonchev–Trinajstić information content (AvgIpc) is 3.35. The lowest BCUT2D eigenvalue weighted by atomic mass is 9.87. The Morgan fingerprint density at radius 1 is 1.03 bits per heavy atom. The molecular formula is C23H28N2O3S. The fourth-order valence-corrected chi connectivity index (χ4v) is 6.32. The van der Waals surface area contributed by atoms with Crippen LogP contribution in [-0.4, -0.2) is 44.1 Å². The van der Waals surface area contributed by atoms with Gasteiger partial charge >= 0.3 is 0 Å². The highest BCUT2D eigenvalue weighted by Crippen LogP contribution is 2.34. The van der Waals surface area contributed by atoms with E-state index in [0.29, 0.717) is 30.1 Å². The van der Waals surface area contributed by atoms with Crippen LogP contribution in [0.3, 0.4) is 0 Å². The predicted molar refractivity (Wildman–Crippen MR) is 116 cm³/mol. The monoisotopic (exact) mass is 412 g/mol. The number of sulfonamides is 1. The lowest BCUT2D eigenvalue weighted by Crippen LogP contribution is -2.39. The Bertz CT molecular complexity index is 957. The number of hydrogen-bond acceptors (Lipinski definition) is 3. The third-order valence-corrected chi connectivity index (χ3v) is 8.06. The van der Waals surface area contributed by atoms with E-state index < -0.39 is 10.0 Å². The van der Waals surface area contributed by atoms with E-state index in [1.807, 2.05) is 11.0 Å². The van der Waals surface area contributed by atoms with Crippen LogP contribution in [0.25, 0.3) is 0 Å². The van der Waals surface area contributed by atoms with Crippen LogP contribution in [-0.2, 0) is 10.0 Å². The SMILES string of the molecule is CC[C@@H](c1ccccc1)[C@@H]1CCCN1C(=O)c1ccc(N2CCCS2(=O)=O)cc1. The van der Waals surface area contributed by atoms with Gasteiger partial charge in [0.05, 0.1) is 11.4 Å². The zero-order valence-electron chi connectivity index (χ0n) is 16.8. The second-order valence-corrected chi connectivity index (χ2v) is 9.93. The van der Waals surface area contributed by atoms with Crippen LogP contribution in [0.5, 0.6) is 0 Å². The summed E-state index contributed by atoms with van der Waals surface area (Å²) < 4.78 is 25.7. The smallest absolute Gasteiger partial charge is 0.254 e. The molecule has 0 aliphatic carbocycles. The molecule has 0 saturated carbocycles. The Morgan fingerprint density at radius 2 is 1.76 bits per heavy atom. The summed E-state index contributed by atoms with van der Waals surface area (Å²) in [7, 11) is -3.20. The zero-order chi connectivity index (χ0) is 20.4. The van der Waals surface area contributed by atoms with Crippen LogP contribution in [0.4, 0.5) is 5.69 Å². The second-order valence-electron chi connectivity index (χ2n) is 7.92. The van der Waals surface area contributed by atoms with Gasteiger partial charge in [0.1, 0.15) is 0 Å². The van der Waals surface area contributed by atoms with Crippen molar-refractivity contribution in [3.8, 4) is 0 Å². The number of anilines is 1. The molecule has 2 aromatic carbocycles. The molecule has 4 rings (SSSR count). The van der Waals surface area contributed by atoms with Gasteiger partial charge in [-0.15, -0.1) is 0 Å². The molecule has 2 saturated heterocycles. The maximum absolute atomic E-state index is 13.3. The summed E-state index contributed by atoms with van der Waals surface area (Å²) in [4.78, 5) is 15.3. The molecule has 1 amide bonds. The van der Waals surface area contributed by atoms with Crippen molar-refractivity contribution in [1.82, 2.24) is 4.90 Å². The molecule has 0 spiro atoms. The van der Waals surface area contributed by atoms with Crippen molar-refractivity contribution in [3.05, 3.63) is 65.7 Å². The maximum Gasteiger partial charge on any atom is 0.254 e. The molecule has 154 valence electrons. The van der Waals surface area contributed by atoms with E-state index >= 15 is 0 Å². The van der Waals surface area contributed by atoms with Gasteiger partial charge in [0.15, 0.2) is 0 Å². The molecule has 0 N–H and O–H groups in total. The fraction of sp³-hybridized carbons (Fsp3) is 0.435. The van der Waals surface area contributed by atoms with E-state index in [0.717, 1.165) is 25.8 Å². The Balaban J connectivity index is 1.54. The van der Waals surface area contributed by atoms with Crippen molar-refractivity contribution in [2.45, 2.75) is 44.6 Å². The number of carbonyl (C=O) groups is 1. The van der Waals surface area contributed by atoms with Gasteiger partial charge < -0.3 is 4.90 Å². The quantitative estimate of drug-likeness (QED) is 0.745. The normalized spacial score (nSPS) is 22.0. The van der Waals surface area contributed by atoms with E-state index in [-0.39, 0.29) is 17.7 Å². The standard InChI is InChI=1S/C23H28N2O3S/c1-2-21(18-8-4-3-5-9-18)22-10-6-15-24(22)23(26)19-11-13-20(14-12-19)25-16-7-17-29(25,27)28/h3-5,8-9,11-14,21-22H,2,6-7,10,15-17H2,1H3/t21-,22-/m0/s1. The first-order valence-electron chi connectivity index (χ1n) is 10.5. The molecule has 6 heteroatoms.